The lowest BCUT2D eigenvalue weighted by atomic mass is 9.93. The molecule has 2 aromatic heterocycles. The van der Waals surface area contributed by atoms with E-state index in [0.29, 0.717) is 5.84 Å². The Bertz CT molecular complexity index is 3870. The van der Waals surface area contributed by atoms with Gasteiger partial charge in [0.2, 0.25) is 0 Å². The minimum atomic E-state index is -0.391. The van der Waals surface area contributed by atoms with E-state index < -0.39 is 6.17 Å². The zero-order valence-corrected chi connectivity index (χ0v) is 33.5. The van der Waals surface area contributed by atoms with Gasteiger partial charge in [-0.15, -0.1) is 0 Å². The summed E-state index contributed by atoms with van der Waals surface area (Å²) in [5.74, 6) is 1.43. The number of amidine groups is 2. The number of benzene rings is 10. The summed E-state index contributed by atoms with van der Waals surface area (Å²) < 4.78 is 8.91. The SMILES string of the molecule is c1ccc2cc(C3=NC(c4ccc(-n5c6ccccc6c6cc7ccccc7cc65)cc4-c4cccc5oc6ccccc6c45)=NC(c4ccc5ccccc5c4)N3)ccc2c1. The average Bonchev–Trinajstić information content (AvgIpc) is 3.88. The molecule has 0 radical (unpaired) electrons. The van der Waals surface area contributed by atoms with Crippen molar-refractivity contribution in [2.24, 2.45) is 9.98 Å². The van der Waals surface area contributed by atoms with Crippen LogP contribution in [0.15, 0.2) is 221 Å². The molecule has 3 heterocycles. The average molecular weight is 793 g/mol. The summed E-state index contributed by atoms with van der Waals surface area (Å²) in [5.41, 5.74) is 10.1. The molecule has 12 aromatic rings. The maximum atomic E-state index is 6.51. The molecule has 62 heavy (non-hydrogen) atoms. The lowest BCUT2D eigenvalue weighted by Crippen LogP contribution is -2.33. The largest absolute Gasteiger partial charge is 0.456 e. The van der Waals surface area contributed by atoms with Crippen LogP contribution in [0.1, 0.15) is 22.9 Å². The molecule has 0 spiro atoms. The first kappa shape index (κ1) is 34.6. The van der Waals surface area contributed by atoms with E-state index in [9.17, 15) is 0 Å². The van der Waals surface area contributed by atoms with Crippen molar-refractivity contribution in [3.63, 3.8) is 0 Å². The molecule has 1 atom stereocenters. The molecule has 13 rings (SSSR count). The maximum absolute atomic E-state index is 6.51. The van der Waals surface area contributed by atoms with Crippen LogP contribution < -0.4 is 5.32 Å². The highest BCUT2D eigenvalue weighted by Gasteiger charge is 2.26. The van der Waals surface area contributed by atoms with Crippen LogP contribution in [-0.2, 0) is 0 Å². The van der Waals surface area contributed by atoms with Gasteiger partial charge in [-0.05, 0) is 110 Å². The second-order valence-electron chi connectivity index (χ2n) is 16.2. The Labute approximate surface area is 356 Å². The Morgan fingerprint density at radius 1 is 0.435 bits per heavy atom. The van der Waals surface area contributed by atoms with Crippen molar-refractivity contribution >= 4 is 87.7 Å². The predicted molar refractivity (Wildman–Crippen MR) is 258 cm³/mol. The van der Waals surface area contributed by atoms with Crippen LogP contribution in [0.5, 0.6) is 0 Å². The fourth-order valence-electron chi connectivity index (χ4n) is 9.62. The number of para-hydroxylation sites is 2. The molecule has 0 bridgehead atoms. The van der Waals surface area contributed by atoms with Gasteiger partial charge in [0.15, 0.2) is 5.84 Å². The molecular formula is C57H36N4O. The maximum Gasteiger partial charge on any atom is 0.160 e. The van der Waals surface area contributed by atoms with Crippen LogP contribution in [-0.4, -0.2) is 16.2 Å². The first-order valence-electron chi connectivity index (χ1n) is 21.1. The van der Waals surface area contributed by atoms with Crippen molar-refractivity contribution in [3.05, 3.63) is 223 Å². The molecule has 0 fully saturated rings. The van der Waals surface area contributed by atoms with Crippen LogP contribution in [0.3, 0.4) is 0 Å². The summed E-state index contributed by atoms with van der Waals surface area (Å²) in [6, 6.07) is 73.5. The number of rotatable bonds is 5. The zero-order valence-electron chi connectivity index (χ0n) is 33.5. The van der Waals surface area contributed by atoms with Crippen LogP contribution in [0, 0.1) is 0 Å². The van der Waals surface area contributed by atoms with Crippen molar-refractivity contribution in [1.82, 2.24) is 9.88 Å². The Morgan fingerprint density at radius 3 is 1.92 bits per heavy atom. The highest BCUT2D eigenvalue weighted by molar-refractivity contribution is 6.20. The normalized spacial score (nSPS) is 14.3. The smallest absolute Gasteiger partial charge is 0.160 e. The van der Waals surface area contributed by atoms with Crippen LogP contribution in [0.25, 0.3) is 92.9 Å². The lowest BCUT2D eigenvalue weighted by Gasteiger charge is -2.25. The van der Waals surface area contributed by atoms with Gasteiger partial charge in [-0.25, -0.2) is 9.98 Å². The highest BCUT2D eigenvalue weighted by atomic mass is 16.3. The number of fused-ring (bicyclic) bond motifs is 9. The first-order chi connectivity index (χ1) is 30.7. The summed E-state index contributed by atoms with van der Waals surface area (Å²) in [4.78, 5) is 10.9. The third-order valence-electron chi connectivity index (χ3n) is 12.6. The monoisotopic (exact) mass is 792 g/mol. The Morgan fingerprint density at radius 2 is 1.10 bits per heavy atom. The number of furan rings is 1. The number of aliphatic imine (C=N–C) groups is 2. The van der Waals surface area contributed by atoms with Gasteiger partial charge >= 0.3 is 0 Å². The van der Waals surface area contributed by atoms with Crippen molar-refractivity contribution in [2.75, 3.05) is 0 Å². The topological polar surface area (TPSA) is 54.8 Å². The highest BCUT2D eigenvalue weighted by Crippen LogP contribution is 2.41. The Kier molecular flexibility index (Phi) is 7.60. The summed E-state index contributed by atoms with van der Waals surface area (Å²) in [7, 11) is 0. The molecule has 0 saturated heterocycles. The number of nitrogens with one attached hydrogen (secondary N) is 1. The van der Waals surface area contributed by atoms with Gasteiger partial charge in [-0.1, -0.05) is 146 Å². The van der Waals surface area contributed by atoms with Gasteiger partial charge in [0.05, 0.1) is 11.0 Å². The number of hydrogen-bond donors (Lipinski definition) is 1. The van der Waals surface area contributed by atoms with E-state index in [1.54, 1.807) is 0 Å². The van der Waals surface area contributed by atoms with E-state index in [2.05, 4.69) is 204 Å². The molecule has 5 heteroatoms. The quantitative estimate of drug-likeness (QED) is 0.189. The molecule has 1 unspecified atom stereocenters. The van der Waals surface area contributed by atoms with Crippen molar-refractivity contribution in [1.29, 1.82) is 0 Å². The van der Waals surface area contributed by atoms with Crippen LogP contribution in [0.2, 0.25) is 0 Å². The molecule has 5 nitrogen and oxygen atoms in total. The minimum Gasteiger partial charge on any atom is -0.456 e. The Balaban J connectivity index is 1.09. The van der Waals surface area contributed by atoms with E-state index in [4.69, 9.17) is 14.4 Å². The molecule has 1 aliphatic heterocycles. The van der Waals surface area contributed by atoms with Gasteiger partial charge < -0.3 is 14.3 Å². The molecule has 0 saturated carbocycles. The van der Waals surface area contributed by atoms with Crippen LogP contribution in [0.4, 0.5) is 0 Å². The third-order valence-corrected chi connectivity index (χ3v) is 12.6. The van der Waals surface area contributed by atoms with Gasteiger partial charge in [0, 0.05) is 38.4 Å². The first-order valence-corrected chi connectivity index (χ1v) is 21.1. The number of aromatic nitrogens is 1. The van der Waals surface area contributed by atoms with E-state index in [1.165, 1.54) is 37.7 Å². The van der Waals surface area contributed by atoms with E-state index in [0.717, 1.165) is 77.7 Å². The Hall–Kier alpha value is -8.28. The minimum absolute atomic E-state index is 0.391. The van der Waals surface area contributed by atoms with Gasteiger partial charge in [0.25, 0.3) is 0 Å². The van der Waals surface area contributed by atoms with Gasteiger partial charge in [-0.3, -0.25) is 0 Å². The predicted octanol–water partition coefficient (Wildman–Crippen LogP) is 14.3. The molecule has 0 aliphatic carbocycles. The van der Waals surface area contributed by atoms with Gasteiger partial charge in [-0.2, -0.15) is 0 Å². The fourth-order valence-corrected chi connectivity index (χ4v) is 9.62. The van der Waals surface area contributed by atoms with Crippen molar-refractivity contribution < 1.29 is 4.42 Å². The second kappa shape index (κ2) is 13.6. The van der Waals surface area contributed by atoms with E-state index in [1.807, 2.05) is 12.1 Å². The zero-order chi connectivity index (χ0) is 40.7. The molecular weight excluding hydrogens is 757 g/mol. The number of nitrogens with zero attached hydrogens (tertiary/aromatic N) is 3. The molecule has 290 valence electrons. The van der Waals surface area contributed by atoms with Crippen molar-refractivity contribution in [2.45, 2.75) is 6.17 Å². The molecule has 1 aliphatic rings. The van der Waals surface area contributed by atoms with Gasteiger partial charge in [0.1, 0.15) is 23.2 Å². The second-order valence-corrected chi connectivity index (χ2v) is 16.2. The lowest BCUT2D eigenvalue weighted by molar-refractivity contribution is 0.669. The third kappa shape index (κ3) is 5.49. The van der Waals surface area contributed by atoms with E-state index in [-0.39, 0.29) is 0 Å². The standard InChI is InChI=1S/C57H36N4O/c1-3-14-37-30-41(26-24-35(37)12-1)55-58-56(42-27-25-36-13-2-4-15-38(36)31-42)60-57(59-55)46-29-28-43(34-48(46)45-20-11-23-53-54(45)47-19-8-10-22-52(47)62-53)61-50-21-9-7-18-44(50)49-32-39-16-5-6-17-40(39)33-51(49)61/h1-34,55H,(H,58,59,60). The van der Waals surface area contributed by atoms with Crippen molar-refractivity contribution in [3.8, 4) is 16.8 Å². The summed E-state index contributed by atoms with van der Waals surface area (Å²) in [6.07, 6.45) is -0.391. The molecule has 1 N–H and O–H groups in total. The summed E-state index contributed by atoms with van der Waals surface area (Å²) >= 11 is 0. The van der Waals surface area contributed by atoms with E-state index >= 15 is 0 Å². The summed E-state index contributed by atoms with van der Waals surface area (Å²) in [6.45, 7) is 0. The molecule has 10 aromatic carbocycles. The molecule has 0 amide bonds. The van der Waals surface area contributed by atoms with Crippen LogP contribution >= 0.6 is 0 Å². The summed E-state index contributed by atoms with van der Waals surface area (Å²) in [5, 5.41) is 15.5. The number of hydrogen-bond acceptors (Lipinski definition) is 4. The fraction of sp³-hybridized carbons (Fsp3) is 0.0175.